The number of fused-ring (bicyclic) bond motifs is 1. The fraction of sp³-hybridized carbons (Fsp3) is 0.800. The Morgan fingerprint density at radius 3 is 2.43 bits per heavy atom. The summed E-state index contributed by atoms with van der Waals surface area (Å²) in [5.74, 6) is -4.22. The molecule has 9 nitrogen and oxygen atoms in total. The highest BCUT2D eigenvalue weighted by molar-refractivity contribution is 5.94. The largest absolute Gasteiger partial charge is 0.471 e. The molecule has 0 aromatic carbocycles. The van der Waals surface area contributed by atoms with Gasteiger partial charge in [0.2, 0.25) is 17.7 Å². The Morgan fingerprint density at radius 2 is 1.89 bits per heavy atom. The lowest BCUT2D eigenvalue weighted by molar-refractivity contribution is -0.176. The van der Waals surface area contributed by atoms with Gasteiger partial charge in [0, 0.05) is 19.4 Å². The number of alkyl halides is 3. The van der Waals surface area contributed by atoms with Crippen molar-refractivity contribution < 1.29 is 33.8 Å². The van der Waals surface area contributed by atoms with Crippen molar-refractivity contribution in [3.8, 4) is 6.07 Å². The summed E-state index contributed by atoms with van der Waals surface area (Å²) < 4.78 is 39.0. The monoisotopic (exact) mass is 527 g/mol. The Labute approximate surface area is 215 Å². The number of nitrogens with one attached hydrogen (secondary N) is 3. The Kier molecular flexibility index (Phi) is 6.97. The van der Waals surface area contributed by atoms with E-state index in [0.29, 0.717) is 12.8 Å². The van der Waals surface area contributed by atoms with E-state index < -0.39 is 53.4 Å². The lowest BCUT2D eigenvalue weighted by Gasteiger charge is -2.36. The van der Waals surface area contributed by atoms with Gasteiger partial charge < -0.3 is 20.9 Å². The van der Waals surface area contributed by atoms with Crippen LogP contribution in [0.3, 0.4) is 0 Å². The molecule has 4 fully saturated rings. The molecule has 2 aliphatic heterocycles. The van der Waals surface area contributed by atoms with Gasteiger partial charge in [-0.05, 0) is 55.8 Å². The first kappa shape index (κ1) is 27.2. The van der Waals surface area contributed by atoms with Crippen molar-refractivity contribution in [2.45, 2.75) is 95.6 Å². The Bertz CT molecular complexity index is 1020. The van der Waals surface area contributed by atoms with Gasteiger partial charge in [0.15, 0.2) is 0 Å². The maximum Gasteiger partial charge on any atom is 0.471 e. The van der Waals surface area contributed by atoms with E-state index >= 15 is 0 Å². The SMILES string of the molecule is CC(C)(C)[C@H](NC(=O)C(F)(F)F)C(=O)N1C[C@@H]2CCC[C@@H]2[C@H]1C(=O)N[C@H](C#N)C[C@@H]1CC2(CC2)NC1=O.[HH]. The maximum absolute atomic E-state index is 13.6. The number of likely N-dealkylation sites (tertiary alicyclic amines) is 1. The van der Waals surface area contributed by atoms with E-state index in [1.165, 1.54) is 4.90 Å². The highest BCUT2D eigenvalue weighted by atomic mass is 19.4. The van der Waals surface area contributed by atoms with Crippen LogP contribution >= 0.6 is 0 Å². The normalized spacial score (nSPS) is 29.8. The highest BCUT2D eigenvalue weighted by Gasteiger charge is 2.54. The minimum absolute atomic E-state index is 0. The van der Waals surface area contributed by atoms with Crippen molar-refractivity contribution in [3.63, 3.8) is 0 Å². The first-order valence-electron chi connectivity index (χ1n) is 12.9. The number of carbonyl (C=O) groups is 4. The van der Waals surface area contributed by atoms with Gasteiger partial charge in [-0.1, -0.05) is 27.2 Å². The van der Waals surface area contributed by atoms with Gasteiger partial charge in [-0.15, -0.1) is 0 Å². The molecule has 0 unspecified atom stereocenters. The molecule has 2 saturated heterocycles. The molecule has 4 amide bonds. The van der Waals surface area contributed by atoms with Gasteiger partial charge in [-0.25, -0.2) is 0 Å². The van der Waals surface area contributed by atoms with Crippen molar-refractivity contribution in [3.05, 3.63) is 0 Å². The molecule has 0 aromatic heterocycles. The minimum atomic E-state index is -5.16. The zero-order valence-electron chi connectivity index (χ0n) is 21.3. The molecule has 2 heterocycles. The second-order valence-corrected chi connectivity index (χ2v) is 12.2. The number of hydrogen-bond donors (Lipinski definition) is 3. The molecule has 0 bridgehead atoms. The number of nitrogens with zero attached hydrogens (tertiary/aromatic N) is 2. The van der Waals surface area contributed by atoms with Gasteiger partial charge in [0.25, 0.3) is 0 Å². The van der Waals surface area contributed by atoms with Crippen LogP contribution < -0.4 is 16.0 Å². The van der Waals surface area contributed by atoms with Crippen LogP contribution in [0, 0.1) is 34.5 Å². The van der Waals surface area contributed by atoms with Crippen molar-refractivity contribution in [2.24, 2.45) is 23.2 Å². The van der Waals surface area contributed by atoms with E-state index in [-0.39, 0.29) is 37.7 Å². The van der Waals surface area contributed by atoms with Gasteiger partial charge in [0.1, 0.15) is 18.1 Å². The van der Waals surface area contributed by atoms with Gasteiger partial charge in [-0.3, -0.25) is 19.2 Å². The molecule has 3 N–H and O–H groups in total. The van der Waals surface area contributed by atoms with Crippen molar-refractivity contribution >= 4 is 23.6 Å². The summed E-state index contributed by atoms with van der Waals surface area (Å²) in [7, 11) is 0. The Hall–Kier alpha value is -2.84. The molecule has 6 atom stereocenters. The number of hydrogen-bond acceptors (Lipinski definition) is 5. The van der Waals surface area contributed by atoms with E-state index in [9.17, 15) is 37.6 Å². The van der Waals surface area contributed by atoms with E-state index in [4.69, 9.17) is 0 Å². The smallest absolute Gasteiger partial charge is 0.350 e. The zero-order valence-corrected chi connectivity index (χ0v) is 21.3. The molecule has 4 aliphatic rings. The number of carbonyl (C=O) groups excluding carboxylic acids is 4. The quantitative estimate of drug-likeness (QED) is 0.486. The number of rotatable bonds is 6. The number of halogens is 3. The summed E-state index contributed by atoms with van der Waals surface area (Å²) in [6, 6.07) is -1.36. The fourth-order valence-corrected chi connectivity index (χ4v) is 6.23. The van der Waals surface area contributed by atoms with Crippen LogP contribution in [0.2, 0.25) is 0 Å². The van der Waals surface area contributed by atoms with Crippen LogP contribution in [-0.4, -0.2) is 64.9 Å². The average molecular weight is 528 g/mol. The highest BCUT2D eigenvalue weighted by Crippen LogP contribution is 2.46. The molecule has 37 heavy (non-hydrogen) atoms. The Morgan fingerprint density at radius 1 is 1.22 bits per heavy atom. The summed E-state index contributed by atoms with van der Waals surface area (Å²) >= 11 is 0. The first-order chi connectivity index (χ1) is 17.1. The van der Waals surface area contributed by atoms with E-state index in [0.717, 1.165) is 25.7 Å². The third-order valence-corrected chi connectivity index (χ3v) is 8.33. The van der Waals surface area contributed by atoms with Crippen molar-refractivity contribution in [1.29, 1.82) is 5.26 Å². The topological polar surface area (TPSA) is 131 Å². The third-order valence-electron chi connectivity index (χ3n) is 8.33. The van der Waals surface area contributed by atoms with Crippen LogP contribution in [0.1, 0.15) is 67.1 Å². The molecule has 2 saturated carbocycles. The molecule has 12 heteroatoms. The molecule has 0 radical (unpaired) electrons. The molecule has 206 valence electrons. The zero-order chi connectivity index (χ0) is 27.3. The van der Waals surface area contributed by atoms with Crippen LogP contribution in [0.4, 0.5) is 13.2 Å². The molecular formula is C25H36F3N5O4. The number of nitriles is 1. The molecule has 2 aliphatic carbocycles. The van der Waals surface area contributed by atoms with Crippen molar-refractivity contribution in [1.82, 2.24) is 20.9 Å². The molecule has 4 rings (SSSR count). The van der Waals surface area contributed by atoms with E-state index in [2.05, 4.69) is 10.6 Å². The minimum Gasteiger partial charge on any atom is -0.350 e. The molecular weight excluding hydrogens is 491 g/mol. The second-order valence-electron chi connectivity index (χ2n) is 12.2. The van der Waals surface area contributed by atoms with E-state index in [1.54, 1.807) is 20.8 Å². The molecule has 0 aromatic rings. The molecule has 1 spiro atoms. The summed E-state index contributed by atoms with van der Waals surface area (Å²) in [5.41, 5.74) is -1.22. The second kappa shape index (κ2) is 9.48. The van der Waals surface area contributed by atoms with Crippen LogP contribution in [0.25, 0.3) is 0 Å². The van der Waals surface area contributed by atoms with Crippen LogP contribution in [0.5, 0.6) is 0 Å². The first-order valence-corrected chi connectivity index (χ1v) is 12.9. The Balaban J connectivity index is 0.00000400. The van der Waals surface area contributed by atoms with Crippen LogP contribution in [0.15, 0.2) is 0 Å². The third kappa shape index (κ3) is 5.55. The standard InChI is InChI=1S/C25H34F3N5O4.H2/c1-23(2,3)18(31-22(37)25(26,27)28)21(36)33-12-13-5-4-6-16(13)17(33)20(35)30-15(11-29)9-14-10-24(7-8-24)32-19(14)34;/h13-18H,4-10,12H2,1-3H3,(H,30,35)(H,31,37)(H,32,34);1H/t13-,14+,15-,16-,17-,18+;/m0./s1. The van der Waals surface area contributed by atoms with Crippen molar-refractivity contribution in [2.75, 3.05) is 6.54 Å². The van der Waals surface area contributed by atoms with E-state index in [1.807, 2.05) is 11.4 Å². The average Bonchev–Trinajstić information content (AvgIpc) is 3.10. The summed E-state index contributed by atoms with van der Waals surface area (Å²) in [6.07, 6.45) is -0.274. The predicted octanol–water partition coefficient (Wildman–Crippen LogP) is 2.02. The summed E-state index contributed by atoms with van der Waals surface area (Å²) in [6.45, 7) is 4.83. The lowest BCUT2D eigenvalue weighted by Crippen LogP contribution is -2.60. The lowest BCUT2D eigenvalue weighted by atomic mass is 9.85. The van der Waals surface area contributed by atoms with Gasteiger partial charge >= 0.3 is 12.1 Å². The summed E-state index contributed by atoms with van der Waals surface area (Å²) in [5, 5.41) is 17.2. The maximum atomic E-state index is 13.6. The number of amides is 4. The predicted molar refractivity (Wildman–Crippen MR) is 126 cm³/mol. The van der Waals surface area contributed by atoms with Gasteiger partial charge in [0.05, 0.1) is 6.07 Å². The summed E-state index contributed by atoms with van der Waals surface area (Å²) in [4.78, 5) is 52.4. The van der Waals surface area contributed by atoms with Crippen LogP contribution in [-0.2, 0) is 19.2 Å². The van der Waals surface area contributed by atoms with Gasteiger partial charge in [-0.2, -0.15) is 18.4 Å². The fourth-order valence-electron chi connectivity index (χ4n) is 6.23.